The number of nitrogens with zero attached hydrogens (tertiary/aromatic N) is 2. The average Bonchev–Trinajstić information content (AvgIpc) is 2.61. The summed E-state index contributed by atoms with van der Waals surface area (Å²) in [7, 11) is 2.27. The Hall–Kier alpha value is -0.120. The molecule has 0 amide bonds. The van der Waals surface area contributed by atoms with Crippen LogP contribution in [0.4, 0.5) is 0 Å². The van der Waals surface area contributed by atoms with E-state index < -0.39 is 0 Å². The number of rotatable bonds is 3. The van der Waals surface area contributed by atoms with Crippen LogP contribution in [0.15, 0.2) is 0 Å². The van der Waals surface area contributed by atoms with Crippen molar-refractivity contribution < 1.29 is 0 Å². The fourth-order valence-corrected chi connectivity index (χ4v) is 4.22. The van der Waals surface area contributed by atoms with Crippen molar-refractivity contribution in [1.29, 1.82) is 0 Å². The fraction of sp³-hybridized carbons (Fsp3) is 1.00. The highest BCUT2D eigenvalue weighted by Crippen LogP contribution is 2.43. The van der Waals surface area contributed by atoms with E-state index in [2.05, 4.69) is 37.6 Å². The zero-order chi connectivity index (χ0) is 14.8. The third-order valence-electron chi connectivity index (χ3n) is 5.90. The van der Waals surface area contributed by atoms with Crippen LogP contribution in [0.5, 0.6) is 0 Å². The van der Waals surface area contributed by atoms with Gasteiger partial charge in [0.25, 0.3) is 0 Å². The third kappa shape index (κ3) is 3.37. The molecule has 1 saturated carbocycles. The summed E-state index contributed by atoms with van der Waals surface area (Å²) in [6.45, 7) is 11.7. The predicted octanol–water partition coefficient (Wildman–Crippen LogP) is 2.70. The molecule has 0 aromatic rings. The molecule has 1 heterocycles. The molecule has 0 bridgehead atoms. The van der Waals surface area contributed by atoms with E-state index in [1.54, 1.807) is 0 Å². The lowest BCUT2D eigenvalue weighted by Gasteiger charge is -2.52. The van der Waals surface area contributed by atoms with Gasteiger partial charge in [-0.05, 0) is 57.5 Å². The van der Waals surface area contributed by atoms with Crippen molar-refractivity contribution in [3.05, 3.63) is 0 Å². The summed E-state index contributed by atoms with van der Waals surface area (Å²) >= 11 is 0. The molecule has 1 aliphatic heterocycles. The van der Waals surface area contributed by atoms with Crippen molar-refractivity contribution in [2.24, 2.45) is 11.1 Å². The first-order valence-corrected chi connectivity index (χ1v) is 8.58. The molecule has 3 nitrogen and oxygen atoms in total. The summed E-state index contributed by atoms with van der Waals surface area (Å²) in [5.41, 5.74) is 7.10. The lowest BCUT2D eigenvalue weighted by Crippen LogP contribution is -2.60. The molecule has 1 unspecified atom stereocenters. The maximum Gasteiger partial charge on any atom is 0.0335 e. The second-order valence-electron chi connectivity index (χ2n) is 7.96. The van der Waals surface area contributed by atoms with Gasteiger partial charge in [0.15, 0.2) is 0 Å². The number of likely N-dealkylation sites (N-methyl/N-ethyl adjacent to an activating group) is 1. The van der Waals surface area contributed by atoms with E-state index in [1.807, 2.05) is 0 Å². The lowest BCUT2D eigenvalue weighted by molar-refractivity contribution is -0.00652. The van der Waals surface area contributed by atoms with Crippen molar-refractivity contribution >= 4 is 0 Å². The van der Waals surface area contributed by atoms with Crippen LogP contribution in [0.1, 0.15) is 59.3 Å². The summed E-state index contributed by atoms with van der Waals surface area (Å²) in [6.07, 6.45) is 7.76. The van der Waals surface area contributed by atoms with Crippen LogP contribution in [-0.4, -0.2) is 54.6 Å². The topological polar surface area (TPSA) is 32.5 Å². The van der Waals surface area contributed by atoms with Crippen molar-refractivity contribution in [3.8, 4) is 0 Å². The molecule has 2 N–H and O–H groups in total. The normalized spacial score (nSPS) is 31.9. The predicted molar refractivity (Wildman–Crippen MR) is 86.9 cm³/mol. The molecule has 0 aromatic carbocycles. The Morgan fingerprint density at radius 3 is 2.30 bits per heavy atom. The van der Waals surface area contributed by atoms with Crippen LogP contribution in [0.25, 0.3) is 0 Å². The van der Waals surface area contributed by atoms with Gasteiger partial charge in [0.05, 0.1) is 0 Å². The van der Waals surface area contributed by atoms with Gasteiger partial charge in [0, 0.05) is 31.2 Å². The standard InChI is InChI=1S/C17H35N3/c1-5-15-13-19(4)11-6-12-20(15)17(14-18)9-7-16(2,3)8-10-17/h15H,5-14,18H2,1-4H3. The minimum absolute atomic E-state index is 0.279. The van der Waals surface area contributed by atoms with E-state index in [-0.39, 0.29) is 5.54 Å². The van der Waals surface area contributed by atoms with Gasteiger partial charge in [-0.1, -0.05) is 20.8 Å². The van der Waals surface area contributed by atoms with Gasteiger partial charge in [-0.25, -0.2) is 0 Å². The highest BCUT2D eigenvalue weighted by atomic mass is 15.3. The molecule has 1 aliphatic carbocycles. The molecule has 2 aliphatic rings. The molecule has 0 spiro atoms. The first-order valence-electron chi connectivity index (χ1n) is 8.58. The van der Waals surface area contributed by atoms with Crippen molar-refractivity contribution in [2.45, 2.75) is 70.9 Å². The fourth-order valence-electron chi connectivity index (χ4n) is 4.22. The van der Waals surface area contributed by atoms with E-state index in [0.717, 1.165) is 6.54 Å². The van der Waals surface area contributed by atoms with Gasteiger partial charge in [-0.2, -0.15) is 0 Å². The highest BCUT2D eigenvalue weighted by molar-refractivity contribution is 5.01. The van der Waals surface area contributed by atoms with Gasteiger partial charge in [-0.15, -0.1) is 0 Å². The Morgan fingerprint density at radius 1 is 1.10 bits per heavy atom. The van der Waals surface area contributed by atoms with Crippen molar-refractivity contribution in [3.63, 3.8) is 0 Å². The molecule has 0 radical (unpaired) electrons. The van der Waals surface area contributed by atoms with E-state index in [1.165, 1.54) is 58.2 Å². The van der Waals surface area contributed by atoms with Crippen LogP contribution in [0.3, 0.4) is 0 Å². The van der Waals surface area contributed by atoms with Gasteiger partial charge >= 0.3 is 0 Å². The summed E-state index contributed by atoms with van der Waals surface area (Å²) in [6, 6.07) is 0.687. The zero-order valence-electron chi connectivity index (χ0n) is 14.1. The van der Waals surface area contributed by atoms with Crippen LogP contribution in [0, 0.1) is 5.41 Å². The third-order valence-corrected chi connectivity index (χ3v) is 5.90. The van der Waals surface area contributed by atoms with Gasteiger partial charge in [0.2, 0.25) is 0 Å². The van der Waals surface area contributed by atoms with Crippen LogP contribution in [0.2, 0.25) is 0 Å². The summed E-state index contributed by atoms with van der Waals surface area (Å²) < 4.78 is 0. The van der Waals surface area contributed by atoms with Crippen LogP contribution in [-0.2, 0) is 0 Å². The first kappa shape index (κ1) is 16.3. The van der Waals surface area contributed by atoms with E-state index >= 15 is 0 Å². The molecule has 1 saturated heterocycles. The van der Waals surface area contributed by atoms with E-state index in [9.17, 15) is 0 Å². The van der Waals surface area contributed by atoms with Crippen molar-refractivity contribution in [2.75, 3.05) is 33.2 Å². The molecular weight excluding hydrogens is 246 g/mol. The van der Waals surface area contributed by atoms with Crippen molar-refractivity contribution in [1.82, 2.24) is 9.80 Å². The van der Waals surface area contributed by atoms with Crippen LogP contribution >= 0.6 is 0 Å². The summed E-state index contributed by atoms with van der Waals surface area (Å²) in [5, 5.41) is 0. The first-order chi connectivity index (χ1) is 9.42. The molecule has 20 heavy (non-hydrogen) atoms. The SMILES string of the molecule is CCC1CN(C)CCCN1C1(CN)CCC(C)(C)CC1. The number of hydrogen-bond acceptors (Lipinski definition) is 3. The molecular formula is C17H35N3. The molecule has 1 atom stereocenters. The number of nitrogens with two attached hydrogens (primary N) is 1. The largest absolute Gasteiger partial charge is 0.329 e. The Balaban J connectivity index is 2.16. The second kappa shape index (κ2) is 6.33. The monoisotopic (exact) mass is 281 g/mol. The molecule has 2 rings (SSSR count). The summed E-state index contributed by atoms with van der Waals surface area (Å²) in [4.78, 5) is 5.32. The maximum absolute atomic E-state index is 6.30. The summed E-state index contributed by atoms with van der Waals surface area (Å²) in [5.74, 6) is 0. The quantitative estimate of drug-likeness (QED) is 0.863. The second-order valence-corrected chi connectivity index (χ2v) is 7.96. The maximum atomic E-state index is 6.30. The highest BCUT2D eigenvalue weighted by Gasteiger charge is 2.44. The average molecular weight is 281 g/mol. The smallest absolute Gasteiger partial charge is 0.0335 e. The lowest BCUT2D eigenvalue weighted by atomic mass is 9.68. The Kier molecular flexibility index (Phi) is 5.14. The Bertz CT molecular complexity index is 303. The zero-order valence-corrected chi connectivity index (χ0v) is 14.1. The molecule has 3 heteroatoms. The molecule has 118 valence electrons. The minimum atomic E-state index is 0.279. The van der Waals surface area contributed by atoms with E-state index in [4.69, 9.17) is 5.73 Å². The van der Waals surface area contributed by atoms with Crippen LogP contribution < -0.4 is 5.73 Å². The van der Waals surface area contributed by atoms with E-state index in [0.29, 0.717) is 11.5 Å². The van der Waals surface area contributed by atoms with Gasteiger partial charge in [0.1, 0.15) is 0 Å². The number of hydrogen-bond donors (Lipinski definition) is 1. The van der Waals surface area contributed by atoms with Gasteiger partial charge in [-0.3, -0.25) is 4.90 Å². The Labute approximate surface area is 125 Å². The molecule has 0 aromatic heterocycles. The minimum Gasteiger partial charge on any atom is -0.329 e. The Morgan fingerprint density at radius 2 is 1.75 bits per heavy atom. The molecule has 2 fully saturated rings. The van der Waals surface area contributed by atoms with Gasteiger partial charge < -0.3 is 10.6 Å².